The summed E-state index contributed by atoms with van der Waals surface area (Å²) in [6.45, 7) is 9.02. The van der Waals surface area contributed by atoms with Crippen LogP contribution in [0.3, 0.4) is 0 Å². The highest BCUT2D eigenvalue weighted by Gasteiger charge is 2.36. The maximum Gasteiger partial charge on any atom is 0.492 e. The van der Waals surface area contributed by atoms with Crippen LogP contribution in [0.25, 0.3) is 4.85 Å². The Balaban J connectivity index is 0.000000180. The molecule has 2 aliphatic heterocycles. The third-order valence-corrected chi connectivity index (χ3v) is 7.67. The summed E-state index contributed by atoms with van der Waals surface area (Å²) in [7, 11) is -1.89. The van der Waals surface area contributed by atoms with Crippen LogP contribution in [0, 0.1) is 19.3 Å². The number of fused-ring (bicyclic) bond motifs is 2. The van der Waals surface area contributed by atoms with E-state index in [1.807, 2.05) is 79.7 Å². The second-order valence-electron chi connectivity index (χ2n) is 10.7. The third kappa shape index (κ3) is 7.17. The Labute approximate surface area is 263 Å². The summed E-state index contributed by atoms with van der Waals surface area (Å²) in [5.41, 5.74) is 6.92. The van der Waals surface area contributed by atoms with E-state index in [0.29, 0.717) is 29.1 Å². The molecular weight excluding hydrogens is 567 g/mol. The Morgan fingerprint density at radius 2 is 1.42 bits per heavy atom. The van der Waals surface area contributed by atoms with Crippen molar-refractivity contribution in [2.24, 2.45) is 0 Å². The third-order valence-electron chi connectivity index (χ3n) is 7.67. The smallest absolute Gasteiger partial charge is 0.457 e. The van der Waals surface area contributed by atoms with Crippen molar-refractivity contribution in [2.75, 3.05) is 0 Å². The molecule has 0 aromatic heterocycles. The second-order valence-corrected chi connectivity index (χ2v) is 10.7. The summed E-state index contributed by atoms with van der Waals surface area (Å²) >= 11 is 0. The van der Waals surface area contributed by atoms with Gasteiger partial charge in [-0.1, -0.05) is 91.9 Å². The lowest BCUT2D eigenvalue weighted by atomic mass is 9.79. The first kappa shape index (κ1) is 31.7. The van der Waals surface area contributed by atoms with Gasteiger partial charge in [-0.2, -0.15) is 0 Å². The Hall–Kier alpha value is -4.71. The molecule has 2 unspecified atom stereocenters. The molecule has 45 heavy (non-hydrogen) atoms. The number of benzene rings is 5. The van der Waals surface area contributed by atoms with Crippen molar-refractivity contribution < 1.29 is 28.5 Å². The van der Waals surface area contributed by atoms with Gasteiger partial charge in [0.2, 0.25) is 0 Å². The number of nitrogens with zero attached hydrogens (tertiary/aromatic N) is 1. The number of halogens is 1. The normalized spacial score (nSPS) is 16.1. The second kappa shape index (κ2) is 13.9. The highest BCUT2D eigenvalue weighted by molar-refractivity contribution is 6.62. The predicted molar refractivity (Wildman–Crippen MR) is 176 cm³/mol. The van der Waals surface area contributed by atoms with Crippen molar-refractivity contribution in [2.45, 2.75) is 33.0 Å². The van der Waals surface area contributed by atoms with Gasteiger partial charge < -0.3 is 24.1 Å². The first-order valence-electron chi connectivity index (χ1n) is 14.2. The number of hydrogen-bond acceptors (Lipinski definition) is 5. The van der Waals surface area contributed by atoms with Crippen LogP contribution in [0.2, 0.25) is 0 Å². The Bertz CT molecular complexity index is 1800. The lowest BCUT2D eigenvalue weighted by molar-refractivity contribution is 0.190. The molecule has 0 spiro atoms. The lowest BCUT2D eigenvalue weighted by Crippen LogP contribution is -2.27. The molecule has 0 amide bonds. The van der Waals surface area contributed by atoms with E-state index >= 15 is 0 Å². The van der Waals surface area contributed by atoms with Crippen molar-refractivity contribution in [3.05, 3.63) is 160 Å². The van der Waals surface area contributed by atoms with E-state index in [4.69, 9.17) is 20.6 Å². The molecule has 2 aliphatic rings. The van der Waals surface area contributed by atoms with Gasteiger partial charge in [-0.15, -0.1) is 0 Å². The predicted octanol–water partition coefficient (Wildman–Crippen LogP) is 6.61. The van der Waals surface area contributed by atoms with Crippen molar-refractivity contribution in [3.8, 4) is 11.5 Å². The van der Waals surface area contributed by atoms with Crippen LogP contribution in [0.5, 0.6) is 11.5 Å². The molecule has 7 rings (SSSR count). The molecule has 5 aromatic carbocycles. The van der Waals surface area contributed by atoms with Gasteiger partial charge in [-0.25, -0.2) is 9.24 Å². The summed E-state index contributed by atoms with van der Waals surface area (Å²) in [4.78, 5) is 3.37. The molecule has 9 heteroatoms. The zero-order valence-electron chi connectivity index (χ0n) is 23.9. The summed E-state index contributed by atoms with van der Waals surface area (Å²) in [5.74, 6) is 1.02. The van der Waals surface area contributed by atoms with E-state index in [1.165, 1.54) is 17.7 Å². The number of rotatable bonds is 5. The first-order chi connectivity index (χ1) is 21.4. The standard InChI is InChI=1S/C20H14BNO3.C15H14BFO2.CH4/c1-22-15-7-9-16(10-8-15)24-17-11-12-19-18(13-17)20(25-21(19)23)14-5-3-2-4-6-14;1-10-2-4-11(5-3-10)8-15-13-9-12(17)6-7-14(13)16(18)19-15;/h2-13,20,23H;2-7,9,15,18H,8H2,1H3;1H4. The highest BCUT2D eigenvalue weighted by atomic mass is 19.1. The van der Waals surface area contributed by atoms with Crippen LogP contribution in [0.1, 0.15) is 47.5 Å². The van der Waals surface area contributed by atoms with E-state index in [2.05, 4.69) is 4.85 Å². The van der Waals surface area contributed by atoms with Crippen molar-refractivity contribution >= 4 is 30.8 Å². The quantitative estimate of drug-likeness (QED) is 0.176. The average molecular weight is 599 g/mol. The van der Waals surface area contributed by atoms with Gasteiger partial charge in [0.05, 0.1) is 18.8 Å². The Kier molecular flexibility index (Phi) is 9.82. The molecule has 2 heterocycles. The van der Waals surface area contributed by atoms with Crippen LogP contribution >= 0.6 is 0 Å². The zero-order chi connectivity index (χ0) is 30.6. The number of aryl methyl sites for hydroxylation is 1. The Morgan fingerprint density at radius 3 is 2.13 bits per heavy atom. The van der Waals surface area contributed by atoms with Crippen molar-refractivity contribution in [1.29, 1.82) is 0 Å². The highest BCUT2D eigenvalue weighted by Crippen LogP contribution is 2.34. The fourth-order valence-corrected chi connectivity index (χ4v) is 5.40. The van der Waals surface area contributed by atoms with Gasteiger partial charge in [0, 0.05) is 6.42 Å². The minimum absolute atomic E-state index is 0. The molecule has 0 saturated heterocycles. The molecule has 0 bridgehead atoms. The van der Waals surface area contributed by atoms with Gasteiger partial charge in [0.1, 0.15) is 17.3 Å². The molecule has 5 aromatic rings. The summed E-state index contributed by atoms with van der Waals surface area (Å²) < 4.78 is 30.4. The number of ether oxygens (including phenoxy) is 1. The van der Waals surface area contributed by atoms with Crippen LogP contribution in [0.15, 0.2) is 115 Å². The Morgan fingerprint density at radius 1 is 0.778 bits per heavy atom. The summed E-state index contributed by atoms with van der Waals surface area (Å²) in [5, 5.41) is 20.0. The summed E-state index contributed by atoms with van der Waals surface area (Å²) in [6, 6.07) is 34.8. The fraction of sp³-hybridized carbons (Fsp3) is 0.139. The molecule has 0 radical (unpaired) electrons. The average Bonchev–Trinajstić information content (AvgIpc) is 3.54. The SMILES string of the molecule is C.Cc1ccc(CC2OB(O)c3ccc(F)cc32)cc1.[C-]#[N+]c1ccc(Oc2ccc3c(c2)C(c2ccccc2)OB3O)cc1. The zero-order valence-corrected chi connectivity index (χ0v) is 23.9. The van der Waals surface area contributed by atoms with Crippen molar-refractivity contribution in [1.82, 2.24) is 0 Å². The maximum atomic E-state index is 13.3. The van der Waals surface area contributed by atoms with E-state index < -0.39 is 14.2 Å². The van der Waals surface area contributed by atoms with E-state index in [9.17, 15) is 14.4 Å². The largest absolute Gasteiger partial charge is 0.492 e. The van der Waals surface area contributed by atoms with E-state index in [0.717, 1.165) is 27.7 Å². The minimum Gasteiger partial charge on any atom is -0.457 e. The first-order valence-corrected chi connectivity index (χ1v) is 14.2. The van der Waals surface area contributed by atoms with Crippen LogP contribution in [-0.2, 0) is 15.7 Å². The van der Waals surface area contributed by atoms with Gasteiger partial charge in [0.25, 0.3) is 0 Å². The fourth-order valence-electron chi connectivity index (χ4n) is 5.40. The topological polar surface area (TPSA) is 72.5 Å². The van der Waals surface area contributed by atoms with Gasteiger partial charge >= 0.3 is 14.2 Å². The van der Waals surface area contributed by atoms with E-state index in [1.54, 1.807) is 30.3 Å². The monoisotopic (exact) mass is 599 g/mol. The van der Waals surface area contributed by atoms with E-state index in [-0.39, 0.29) is 25.5 Å². The molecule has 224 valence electrons. The van der Waals surface area contributed by atoms with Crippen LogP contribution < -0.4 is 15.7 Å². The molecule has 6 nitrogen and oxygen atoms in total. The van der Waals surface area contributed by atoms with Crippen LogP contribution in [0.4, 0.5) is 10.1 Å². The van der Waals surface area contributed by atoms with Gasteiger partial charge in [0.15, 0.2) is 5.69 Å². The van der Waals surface area contributed by atoms with Gasteiger partial charge in [-0.05, 0) is 76.5 Å². The lowest BCUT2D eigenvalue weighted by Gasteiger charge is -2.14. The molecule has 0 aliphatic carbocycles. The molecule has 0 fully saturated rings. The maximum absolute atomic E-state index is 13.3. The molecule has 0 saturated carbocycles. The molecular formula is C36H32B2FNO5. The number of hydrogen-bond donors (Lipinski definition) is 2. The molecule has 2 N–H and O–H groups in total. The van der Waals surface area contributed by atoms with Crippen molar-refractivity contribution in [3.63, 3.8) is 0 Å². The summed E-state index contributed by atoms with van der Waals surface area (Å²) in [6.07, 6.45) is 0.0241. The van der Waals surface area contributed by atoms with Crippen LogP contribution in [-0.4, -0.2) is 24.3 Å². The minimum atomic E-state index is -0.953. The molecule has 2 atom stereocenters. The van der Waals surface area contributed by atoms with Gasteiger partial charge in [-0.3, -0.25) is 0 Å².